The highest BCUT2D eigenvalue weighted by Gasteiger charge is 2.64. The molecule has 0 aliphatic heterocycles. The minimum atomic E-state index is -3.26. The Morgan fingerprint density at radius 1 is 1.69 bits per heavy atom. The van der Waals surface area contributed by atoms with Gasteiger partial charge >= 0.3 is 5.97 Å². The van der Waals surface area contributed by atoms with Crippen LogP contribution in [-0.4, -0.2) is 37.5 Å². The number of rotatable bonds is 3. The van der Waals surface area contributed by atoms with Crippen molar-refractivity contribution in [2.75, 3.05) is 12.8 Å². The van der Waals surface area contributed by atoms with E-state index >= 15 is 0 Å². The predicted molar refractivity (Wildman–Crippen MR) is 49.6 cm³/mol. The lowest BCUT2D eigenvalue weighted by molar-refractivity contribution is -0.142. The molecule has 1 fully saturated rings. The summed E-state index contributed by atoms with van der Waals surface area (Å²) in [6.07, 6.45) is 1.19. The van der Waals surface area contributed by atoms with E-state index in [-0.39, 0.29) is 25.4 Å². The lowest BCUT2D eigenvalue weighted by atomic mass is 10.1. The van der Waals surface area contributed by atoms with Gasteiger partial charge in [-0.05, 0) is 6.42 Å². The highest BCUT2D eigenvalue weighted by Crippen LogP contribution is 2.49. The molecule has 0 spiro atoms. The van der Waals surface area contributed by atoms with Gasteiger partial charge in [0.25, 0.3) is 0 Å². The van der Waals surface area contributed by atoms with Crippen molar-refractivity contribution in [1.29, 1.82) is 0 Å². The lowest BCUT2D eigenvalue weighted by Crippen LogP contribution is -2.30. The molecule has 0 aromatic rings. The summed E-state index contributed by atoms with van der Waals surface area (Å²) in [5, 5.41) is 7.91. The number of nitrogens with two attached hydrogens (primary N) is 1. The molecule has 0 saturated heterocycles. The largest absolute Gasteiger partial charge is 0.481 e. The van der Waals surface area contributed by atoms with E-state index in [0.717, 1.165) is 6.26 Å². The number of carbonyl (C=O) groups is 1. The van der Waals surface area contributed by atoms with E-state index in [1.54, 1.807) is 0 Å². The third-order valence-electron chi connectivity index (χ3n) is 2.31. The van der Waals surface area contributed by atoms with Crippen LogP contribution in [0.4, 0.5) is 0 Å². The molecule has 0 heterocycles. The van der Waals surface area contributed by atoms with Gasteiger partial charge in [-0.15, -0.1) is 12.4 Å². The molecule has 3 N–H and O–H groups in total. The van der Waals surface area contributed by atoms with Gasteiger partial charge in [-0.25, -0.2) is 8.42 Å². The Labute approximate surface area is 82.6 Å². The second-order valence-corrected chi connectivity index (χ2v) is 5.42. The molecular formula is C6H12ClNO4S. The summed E-state index contributed by atoms with van der Waals surface area (Å²) in [7, 11) is -3.26. The van der Waals surface area contributed by atoms with E-state index in [1.807, 2.05) is 0 Å². The predicted octanol–water partition coefficient (Wildman–Crippen LogP) is -0.745. The standard InChI is InChI=1S/C6H11NO4S.ClH/c1-12(10,11)4-2-6(4,3-7)5(8)9;/h4H,2-3,7H2,1H3,(H,8,9);1H/t4-,6+;/m0./s1. The van der Waals surface area contributed by atoms with Crippen molar-refractivity contribution in [2.45, 2.75) is 11.7 Å². The SMILES string of the molecule is CS(=O)(=O)[C@H]1C[C@]1(CN)C(=O)O.Cl. The minimum Gasteiger partial charge on any atom is -0.481 e. The van der Waals surface area contributed by atoms with Crippen molar-refractivity contribution < 1.29 is 18.3 Å². The number of carboxylic acid groups (broad SMARTS) is 1. The van der Waals surface area contributed by atoms with Crippen LogP contribution in [0.5, 0.6) is 0 Å². The fourth-order valence-corrected chi connectivity index (χ4v) is 2.98. The highest BCUT2D eigenvalue weighted by molar-refractivity contribution is 7.91. The summed E-state index contributed by atoms with van der Waals surface area (Å²) < 4.78 is 21.9. The normalized spacial score (nSPS) is 32.0. The Hall–Kier alpha value is -0.330. The Bertz CT molecular complexity index is 315. The Balaban J connectivity index is 0.00000144. The van der Waals surface area contributed by atoms with E-state index in [4.69, 9.17) is 10.8 Å². The molecule has 0 amide bonds. The minimum absolute atomic E-state index is 0. The van der Waals surface area contributed by atoms with Gasteiger partial charge in [-0.1, -0.05) is 0 Å². The van der Waals surface area contributed by atoms with Gasteiger partial charge in [0.05, 0.1) is 10.7 Å². The topological polar surface area (TPSA) is 97.5 Å². The maximum absolute atomic E-state index is 11.0. The molecular weight excluding hydrogens is 218 g/mol. The van der Waals surface area contributed by atoms with Crippen LogP contribution in [0, 0.1) is 5.41 Å². The average Bonchev–Trinajstić information content (AvgIpc) is 2.60. The fourth-order valence-electron chi connectivity index (χ4n) is 1.36. The van der Waals surface area contributed by atoms with E-state index in [1.165, 1.54) is 0 Å². The average molecular weight is 230 g/mol. The van der Waals surface area contributed by atoms with Gasteiger partial charge in [0.2, 0.25) is 0 Å². The summed E-state index contributed by atoms with van der Waals surface area (Å²) in [6.45, 7) is -0.111. The van der Waals surface area contributed by atoms with Gasteiger partial charge in [0.1, 0.15) is 0 Å². The zero-order chi connectivity index (χ0) is 9.57. The van der Waals surface area contributed by atoms with Gasteiger partial charge in [0, 0.05) is 12.8 Å². The van der Waals surface area contributed by atoms with Crippen LogP contribution in [0.3, 0.4) is 0 Å². The number of halogens is 1. The zero-order valence-corrected chi connectivity index (χ0v) is 8.69. The quantitative estimate of drug-likeness (QED) is 0.664. The van der Waals surface area contributed by atoms with Crippen LogP contribution < -0.4 is 5.73 Å². The first-order valence-electron chi connectivity index (χ1n) is 3.47. The van der Waals surface area contributed by atoms with Gasteiger partial charge in [-0.2, -0.15) is 0 Å². The maximum atomic E-state index is 11.0. The second-order valence-electron chi connectivity index (χ2n) is 3.19. The van der Waals surface area contributed by atoms with Crippen LogP contribution in [0.15, 0.2) is 0 Å². The molecule has 0 bridgehead atoms. The zero-order valence-electron chi connectivity index (χ0n) is 7.06. The number of hydrogen-bond acceptors (Lipinski definition) is 4. The van der Waals surface area contributed by atoms with Crippen LogP contribution in [-0.2, 0) is 14.6 Å². The molecule has 5 nitrogen and oxygen atoms in total. The van der Waals surface area contributed by atoms with Crippen LogP contribution in [0.1, 0.15) is 6.42 Å². The first-order chi connectivity index (χ1) is 5.34. The molecule has 78 valence electrons. The second kappa shape index (κ2) is 3.43. The van der Waals surface area contributed by atoms with Crippen LogP contribution in [0.25, 0.3) is 0 Å². The summed E-state index contributed by atoms with van der Waals surface area (Å²) in [5.74, 6) is -1.11. The van der Waals surface area contributed by atoms with E-state index < -0.39 is 26.5 Å². The molecule has 1 aliphatic carbocycles. The molecule has 7 heteroatoms. The maximum Gasteiger partial charge on any atom is 0.312 e. The molecule has 1 rings (SSSR count). The summed E-state index contributed by atoms with van der Waals surface area (Å²) >= 11 is 0. The molecule has 1 saturated carbocycles. The molecule has 0 unspecified atom stereocenters. The number of sulfone groups is 1. The van der Waals surface area contributed by atoms with Crippen molar-refractivity contribution in [3.63, 3.8) is 0 Å². The Morgan fingerprint density at radius 2 is 2.15 bits per heavy atom. The highest BCUT2D eigenvalue weighted by atomic mass is 35.5. The lowest BCUT2D eigenvalue weighted by Gasteiger charge is -2.06. The van der Waals surface area contributed by atoms with Crippen molar-refractivity contribution in [3.05, 3.63) is 0 Å². The third-order valence-corrected chi connectivity index (χ3v) is 3.96. The third kappa shape index (κ3) is 1.95. The number of hydrogen-bond donors (Lipinski definition) is 2. The number of carboxylic acids is 1. The van der Waals surface area contributed by atoms with Crippen molar-refractivity contribution in [1.82, 2.24) is 0 Å². The molecule has 1 aliphatic rings. The van der Waals surface area contributed by atoms with Gasteiger partial charge in [-0.3, -0.25) is 4.79 Å². The molecule has 0 aromatic carbocycles. The van der Waals surface area contributed by atoms with Gasteiger partial charge in [0.15, 0.2) is 9.84 Å². The summed E-state index contributed by atoms with van der Waals surface area (Å²) in [4.78, 5) is 10.6. The fraction of sp³-hybridized carbons (Fsp3) is 0.833. The number of aliphatic carboxylic acids is 1. The van der Waals surface area contributed by atoms with E-state index in [9.17, 15) is 13.2 Å². The van der Waals surface area contributed by atoms with Crippen molar-refractivity contribution >= 4 is 28.2 Å². The summed E-state index contributed by atoms with van der Waals surface area (Å²) in [5.41, 5.74) is 4.01. The molecule has 0 aromatic heterocycles. The van der Waals surface area contributed by atoms with Crippen LogP contribution >= 0.6 is 12.4 Å². The van der Waals surface area contributed by atoms with E-state index in [0.29, 0.717) is 0 Å². The first-order valence-corrected chi connectivity index (χ1v) is 5.42. The Morgan fingerprint density at radius 3 is 2.23 bits per heavy atom. The monoisotopic (exact) mass is 229 g/mol. The van der Waals surface area contributed by atoms with E-state index in [2.05, 4.69) is 0 Å². The van der Waals surface area contributed by atoms with Gasteiger partial charge < -0.3 is 10.8 Å². The van der Waals surface area contributed by atoms with Crippen molar-refractivity contribution in [2.24, 2.45) is 11.1 Å². The molecule has 13 heavy (non-hydrogen) atoms. The van der Waals surface area contributed by atoms with Crippen LogP contribution in [0.2, 0.25) is 0 Å². The summed E-state index contributed by atoms with van der Waals surface area (Å²) in [6, 6.07) is 0. The molecule has 0 radical (unpaired) electrons. The Kier molecular flexibility index (Phi) is 3.35. The van der Waals surface area contributed by atoms with Crippen molar-refractivity contribution in [3.8, 4) is 0 Å². The first kappa shape index (κ1) is 12.7. The smallest absolute Gasteiger partial charge is 0.312 e. The molecule has 2 atom stereocenters.